The van der Waals surface area contributed by atoms with Gasteiger partial charge in [-0.1, -0.05) is 0 Å². The van der Waals surface area contributed by atoms with Crippen LogP contribution >= 0.6 is 0 Å². The molecule has 7 heteroatoms. The highest BCUT2D eigenvalue weighted by atomic mass is 16.5. The quantitative estimate of drug-likeness (QED) is 0.828. The Morgan fingerprint density at radius 1 is 1.42 bits per heavy atom. The first-order valence-electron chi connectivity index (χ1n) is 6.43. The molecule has 0 spiro atoms. The van der Waals surface area contributed by atoms with E-state index in [1.54, 1.807) is 19.5 Å². The van der Waals surface area contributed by atoms with Gasteiger partial charge in [0.25, 0.3) is 0 Å². The number of likely N-dealkylation sites (tertiary alicyclic amines) is 1. The molecule has 1 aliphatic heterocycles. The van der Waals surface area contributed by atoms with Gasteiger partial charge in [-0.05, 0) is 0 Å². The van der Waals surface area contributed by atoms with Gasteiger partial charge in [-0.25, -0.2) is 4.98 Å². The van der Waals surface area contributed by atoms with Crippen molar-refractivity contribution in [2.45, 2.75) is 18.6 Å². The minimum Gasteiger partial charge on any atom is -0.379 e. The van der Waals surface area contributed by atoms with Gasteiger partial charge in [0, 0.05) is 51.6 Å². The van der Waals surface area contributed by atoms with Gasteiger partial charge in [0.15, 0.2) is 0 Å². The van der Waals surface area contributed by atoms with Crippen LogP contribution in [0.1, 0.15) is 11.6 Å². The van der Waals surface area contributed by atoms with Gasteiger partial charge in [0.1, 0.15) is 0 Å². The molecular weight excluding hydrogens is 244 g/mol. The van der Waals surface area contributed by atoms with E-state index in [9.17, 15) is 0 Å². The molecule has 0 radical (unpaired) electrons. The summed E-state index contributed by atoms with van der Waals surface area (Å²) in [6, 6.07) is 0. The third-order valence-electron chi connectivity index (χ3n) is 3.69. The Morgan fingerprint density at radius 2 is 2.37 bits per heavy atom. The zero-order chi connectivity index (χ0) is 13.1. The highest BCUT2D eigenvalue weighted by Crippen LogP contribution is 2.27. The Labute approximate surface area is 111 Å². The van der Waals surface area contributed by atoms with Crippen molar-refractivity contribution in [2.24, 2.45) is 0 Å². The van der Waals surface area contributed by atoms with Gasteiger partial charge < -0.3 is 9.30 Å². The molecule has 7 nitrogen and oxygen atoms in total. The molecule has 1 aliphatic rings. The Bertz CT molecular complexity index is 482. The van der Waals surface area contributed by atoms with Crippen LogP contribution in [0.3, 0.4) is 0 Å². The molecule has 1 N–H and O–H groups in total. The fourth-order valence-corrected chi connectivity index (χ4v) is 2.62. The number of hydrogen-bond donors (Lipinski definition) is 1. The summed E-state index contributed by atoms with van der Waals surface area (Å²) in [5, 5.41) is 10.7. The number of aromatic amines is 1. The molecule has 3 rings (SSSR count). The lowest BCUT2D eigenvalue weighted by Crippen LogP contribution is -2.26. The van der Waals surface area contributed by atoms with Crippen LogP contribution in [0.2, 0.25) is 0 Å². The monoisotopic (exact) mass is 262 g/mol. The molecule has 2 atom stereocenters. The summed E-state index contributed by atoms with van der Waals surface area (Å²) in [5.74, 6) is 0.298. The topological polar surface area (TPSA) is 71.9 Å². The molecule has 0 unspecified atom stereocenters. The van der Waals surface area contributed by atoms with Crippen molar-refractivity contribution in [1.29, 1.82) is 0 Å². The number of aromatic nitrogens is 5. The Kier molecular flexibility index (Phi) is 3.56. The van der Waals surface area contributed by atoms with Gasteiger partial charge >= 0.3 is 0 Å². The number of nitrogens with zero attached hydrogens (tertiary/aromatic N) is 5. The van der Waals surface area contributed by atoms with E-state index < -0.39 is 0 Å². The van der Waals surface area contributed by atoms with Gasteiger partial charge in [-0.3, -0.25) is 4.90 Å². The highest BCUT2D eigenvalue weighted by Gasteiger charge is 2.35. The summed E-state index contributed by atoms with van der Waals surface area (Å²) in [6.07, 6.45) is 7.61. The maximum Gasteiger partial charge on any atom is 0.0946 e. The van der Waals surface area contributed by atoms with Crippen LogP contribution in [-0.2, 0) is 11.3 Å². The van der Waals surface area contributed by atoms with Crippen molar-refractivity contribution in [3.05, 3.63) is 30.6 Å². The molecule has 2 aromatic heterocycles. The maximum atomic E-state index is 5.57. The summed E-state index contributed by atoms with van der Waals surface area (Å²) in [6.45, 7) is 3.83. The molecule has 0 saturated carbocycles. The third kappa shape index (κ3) is 2.66. The minimum absolute atomic E-state index is 0.188. The first-order chi connectivity index (χ1) is 9.36. The number of methoxy groups -OCH3 is 1. The molecule has 0 bridgehead atoms. The van der Waals surface area contributed by atoms with E-state index in [2.05, 4.69) is 29.9 Å². The average Bonchev–Trinajstić information content (AvgIpc) is 3.16. The number of rotatable bonds is 5. The van der Waals surface area contributed by atoms with Crippen molar-refractivity contribution in [2.75, 3.05) is 26.7 Å². The summed E-state index contributed by atoms with van der Waals surface area (Å²) < 4.78 is 7.66. The lowest BCUT2D eigenvalue weighted by molar-refractivity contribution is 0.0960. The Morgan fingerprint density at radius 3 is 3.05 bits per heavy atom. The van der Waals surface area contributed by atoms with E-state index in [-0.39, 0.29) is 6.10 Å². The van der Waals surface area contributed by atoms with Crippen LogP contribution in [0.5, 0.6) is 0 Å². The van der Waals surface area contributed by atoms with Gasteiger partial charge in [-0.2, -0.15) is 15.4 Å². The fourth-order valence-electron chi connectivity index (χ4n) is 2.62. The van der Waals surface area contributed by atoms with Gasteiger partial charge in [0.05, 0.1) is 24.3 Å². The number of imidazole rings is 1. The smallest absolute Gasteiger partial charge is 0.0946 e. The Hall–Kier alpha value is -1.73. The van der Waals surface area contributed by atoms with Crippen LogP contribution in [-0.4, -0.2) is 62.7 Å². The first kappa shape index (κ1) is 12.3. The van der Waals surface area contributed by atoms with E-state index in [1.165, 1.54) is 0 Å². The molecule has 1 fully saturated rings. The third-order valence-corrected chi connectivity index (χ3v) is 3.69. The number of nitrogens with one attached hydrogen (secondary N) is 1. The summed E-state index contributed by atoms with van der Waals surface area (Å²) in [4.78, 5) is 6.45. The van der Waals surface area contributed by atoms with Gasteiger partial charge in [-0.15, -0.1) is 0 Å². The number of H-pyrrole nitrogens is 1. The number of hydrogen-bond acceptors (Lipinski definition) is 5. The molecule has 3 heterocycles. The van der Waals surface area contributed by atoms with Crippen LogP contribution in [0.4, 0.5) is 0 Å². The lowest BCUT2D eigenvalue weighted by atomic mass is 10.0. The summed E-state index contributed by atoms with van der Waals surface area (Å²) in [5.41, 5.74) is 0.983. The van der Waals surface area contributed by atoms with Gasteiger partial charge in [0.2, 0.25) is 0 Å². The second kappa shape index (κ2) is 5.50. The second-order valence-electron chi connectivity index (χ2n) is 4.84. The van der Waals surface area contributed by atoms with Crippen molar-refractivity contribution in [3.8, 4) is 0 Å². The van der Waals surface area contributed by atoms with Crippen molar-refractivity contribution >= 4 is 0 Å². The second-order valence-corrected chi connectivity index (χ2v) is 4.84. The molecule has 0 aliphatic carbocycles. The SMILES string of the molecule is CO[C@@H]1CN(CCn2ccnc2)C[C@H]1c1cn[nH]n1. The largest absolute Gasteiger partial charge is 0.379 e. The zero-order valence-corrected chi connectivity index (χ0v) is 10.9. The zero-order valence-electron chi connectivity index (χ0n) is 10.9. The molecular formula is C12H18N6O. The molecule has 102 valence electrons. The van der Waals surface area contributed by atoms with E-state index in [1.807, 2.05) is 12.5 Å². The van der Waals surface area contributed by atoms with Crippen molar-refractivity contribution < 1.29 is 4.74 Å². The standard InChI is InChI=1S/C12H18N6O/c1-19-12-8-18(5-4-17-3-2-13-9-17)7-10(12)11-6-14-16-15-11/h2-3,6,9-10,12H,4-5,7-8H2,1H3,(H,14,15,16)/t10-,12+/m0/s1. The van der Waals surface area contributed by atoms with E-state index in [0.717, 1.165) is 31.9 Å². The molecule has 0 aromatic carbocycles. The first-order valence-corrected chi connectivity index (χ1v) is 6.43. The summed E-state index contributed by atoms with van der Waals surface area (Å²) in [7, 11) is 1.76. The normalized spacial score (nSPS) is 24.1. The predicted octanol–water partition coefficient (Wildman–Crippen LogP) is 0.116. The van der Waals surface area contributed by atoms with E-state index in [4.69, 9.17) is 4.74 Å². The molecule has 0 amide bonds. The van der Waals surface area contributed by atoms with Crippen LogP contribution < -0.4 is 0 Å². The van der Waals surface area contributed by atoms with E-state index in [0.29, 0.717) is 5.92 Å². The Balaban J connectivity index is 1.60. The van der Waals surface area contributed by atoms with Crippen molar-refractivity contribution in [3.63, 3.8) is 0 Å². The van der Waals surface area contributed by atoms with Crippen molar-refractivity contribution in [1.82, 2.24) is 29.9 Å². The molecule has 2 aromatic rings. The number of ether oxygens (including phenoxy) is 1. The van der Waals surface area contributed by atoms with Crippen LogP contribution in [0.15, 0.2) is 24.9 Å². The van der Waals surface area contributed by atoms with Crippen LogP contribution in [0.25, 0.3) is 0 Å². The van der Waals surface area contributed by atoms with Crippen LogP contribution in [0, 0.1) is 0 Å². The highest BCUT2D eigenvalue weighted by molar-refractivity contribution is 5.09. The average molecular weight is 262 g/mol. The molecule has 19 heavy (non-hydrogen) atoms. The van der Waals surface area contributed by atoms with E-state index >= 15 is 0 Å². The lowest BCUT2D eigenvalue weighted by Gasteiger charge is -2.15. The fraction of sp³-hybridized carbons (Fsp3) is 0.583. The minimum atomic E-state index is 0.188. The molecule has 1 saturated heterocycles. The maximum absolute atomic E-state index is 5.57. The predicted molar refractivity (Wildman–Crippen MR) is 68.6 cm³/mol. The summed E-state index contributed by atoms with van der Waals surface area (Å²) >= 11 is 0.